The molecular formula is C21H30N4O3. The van der Waals surface area contributed by atoms with E-state index < -0.39 is 0 Å². The zero-order valence-corrected chi connectivity index (χ0v) is 17.4. The van der Waals surface area contributed by atoms with Crippen molar-refractivity contribution in [3.8, 4) is 11.5 Å². The Labute approximate surface area is 166 Å². The van der Waals surface area contributed by atoms with Gasteiger partial charge in [-0.3, -0.25) is 9.48 Å². The van der Waals surface area contributed by atoms with E-state index in [1.165, 1.54) is 0 Å². The number of carbonyl (C=O) groups is 1. The van der Waals surface area contributed by atoms with Crippen molar-refractivity contribution in [3.05, 3.63) is 35.7 Å². The van der Waals surface area contributed by atoms with E-state index in [2.05, 4.69) is 24.3 Å². The molecule has 1 amide bonds. The molecule has 1 N–H and O–H groups in total. The Morgan fingerprint density at radius 1 is 1.11 bits per heavy atom. The zero-order valence-electron chi connectivity index (χ0n) is 17.4. The molecule has 7 nitrogen and oxygen atoms in total. The van der Waals surface area contributed by atoms with Gasteiger partial charge in [-0.1, -0.05) is 13.8 Å². The number of ether oxygens (including phenoxy) is 2. The van der Waals surface area contributed by atoms with Crippen LogP contribution in [0.5, 0.6) is 11.5 Å². The van der Waals surface area contributed by atoms with Crippen molar-refractivity contribution in [2.45, 2.75) is 38.6 Å². The summed E-state index contributed by atoms with van der Waals surface area (Å²) in [5, 5.41) is 7.95. The van der Waals surface area contributed by atoms with E-state index in [0.717, 1.165) is 35.7 Å². The molecule has 0 atom stereocenters. The van der Waals surface area contributed by atoms with Crippen molar-refractivity contribution in [2.24, 2.45) is 7.05 Å². The van der Waals surface area contributed by atoms with Crippen LogP contribution in [0.2, 0.25) is 0 Å². The number of methoxy groups -OCH3 is 2. The first-order valence-electron chi connectivity index (χ1n) is 9.74. The second-order valence-electron chi connectivity index (χ2n) is 7.54. The van der Waals surface area contributed by atoms with Gasteiger partial charge in [0.15, 0.2) is 5.69 Å². The molecular weight excluding hydrogens is 356 g/mol. The SMILES string of the molecule is COc1cc(NC2CCN(C(=O)c3cc(C(C)C)n(C)n3)CC2)cc(OC)c1. The number of aryl methyl sites for hydroxylation is 1. The van der Waals surface area contributed by atoms with Crippen molar-refractivity contribution < 1.29 is 14.3 Å². The maximum atomic E-state index is 12.8. The number of amides is 1. The van der Waals surface area contributed by atoms with Crippen LogP contribution in [-0.4, -0.2) is 53.9 Å². The van der Waals surface area contributed by atoms with Crippen LogP contribution in [0.4, 0.5) is 5.69 Å². The molecule has 0 saturated carbocycles. The molecule has 152 valence electrons. The number of hydrogen-bond acceptors (Lipinski definition) is 5. The van der Waals surface area contributed by atoms with Crippen LogP contribution in [0.15, 0.2) is 24.3 Å². The lowest BCUT2D eigenvalue weighted by Crippen LogP contribution is -2.42. The molecule has 0 spiro atoms. The van der Waals surface area contributed by atoms with Crippen LogP contribution in [-0.2, 0) is 7.05 Å². The van der Waals surface area contributed by atoms with Gasteiger partial charge in [-0.25, -0.2) is 0 Å². The summed E-state index contributed by atoms with van der Waals surface area (Å²) < 4.78 is 12.5. The Balaban J connectivity index is 1.60. The minimum Gasteiger partial charge on any atom is -0.497 e. The highest BCUT2D eigenvalue weighted by Gasteiger charge is 2.26. The summed E-state index contributed by atoms with van der Waals surface area (Å²) in [6.45, 7) is 5.64. The predicted octanol–water partition coefficient (Wildman–Crippen LogP) is 3.28. The molecule has 28 heavy (non-hydrogen) atoms. The van der Waals surface area contributed by atoms with Gasteiger partial charge in [0, 0.05) is 55.8 Å². The quantitative estimate of drug-likeness (QED) is 0.825. The Morgan fingerprint density at radius 3 is 2.21 bits per heavy atom. The van der Waals surface area contributed by atoms with Crippen LogP contribution >= 0.6 is 0 Å². The molecule has 1 aliphatic rings. The molecule has 1 saturated heterocycles. The molecule has 0 radical (unpaired) electrons. The number of piperidine rings is 1. The lowest BCUT2D eigenvalue weighted by Gasteiger charge is -2.32. The van der Waals surface area contributed by atoms with Gasteiger partial charge in [0.25, 0.3) is 5.91 Å². The molecule has 2 heterocycles. The third kappa shape index (κ3) is 4.40. The highest BCUT2D eigenvalue weighted by atomic mass is 16.5. The highest BCUT2D eigenvalue weighted by Crippen LogP contribution is 2.27. The first-order valence-corrected chi connectivity index (χ1v) is 9.74. The Bertz CT molecular complexity index is 801. The fourth-order valence-corrected chi connectivity index (χ4v) is 3.64. The van der Waals surface area contributed by atoms with E-state index in [1.807, 2.05) is 40.9 Å². The number of anilines is 1. The lowest BCUT2D eigenvalue weighted by molar-refractivity contribution is 0.0711. The molecule has 2 aromatic rings. The topological polar surface area (TPSA) is 68.6 Å². The van der Waals surface area contributed by atoms with E-state index in [1.54, 1.807) is 14.2 Å². The number of nitrogens with one attached hydrogen (secondary N) is 1. The molecule has 1 aromatic heterocycles. The number of nitrogens with zero attached hydrogens (tertiary/aromatic N) is 3. The van der Waals surface area contributed by atoms with E-state index in [9.17, 15) is 4.79 Å². The molecule has 7 heteroatoms. The van der Waals surface area contributed by atoms with Crippen molar-refractivity contribution >= 4 is 11.6 Å². The van der Waals surface area contributed by atoms with Crippen molar-refractivity contribution in [2.75, 3.05) is 32.6 Å². The smallest absolute Gasteiger partial charge is 0.274 e. The van der Waals surface area contributed by atoms with Crippen LogP contribution in [0.3, 0.4) is 0 Å². The maximum absolute atomic E-state index is 12.8. The molecule has 1 aromatic carbocycles. The first-order chi connectivity index (χ1) is 13.4. The first kappa shape index (κ1) is 20.0. The van der Waals surface area contributed by atoms with Gasteiger partial charge < -0.3 is 19.7 Å². The van der Waals surface area contributed by atoms with E-state index >= 15 is 0 Å². The summed E-state index contributed by atoms with van der Waals surface area (Å²) in [6.07, 6.45) is 1.77. The number of likely N-dealkylation sites (tertiary alicyclic amines) is 1. The zero-order chi connectivity index (χ0) is 20.3. The summed E-state index contributed by atoms with van der Waals surface area (Å²) in [4.78, 5) is 14.7. The van der Waals surface area contributed by atoms with Gasteiger partial charge in [0.2, 0.25) is 0 Å². The third-order valence-electron chi connectivity index (χ3n) is 5.23. The van der Waals surface area contributed by atoms with E-state index in [-0.39, 0.29) is 5.91 Å². The van der Waals surface area contributed by atoms with Crippen LogP contribution in [0.25, 0.3) is 0 Å². The van der Waals surface area contributed by atoms with Gasteiger partial charge in [-0.05, 0) is 24.8 Å². The average molecular weight is 386 g/mol. The number of benzene rings is 1. The van der Waals surface area contributed by atoms with Gasteiger partial charge in [0.1, 0.15) is 11.5 Å². The summed E-state index contributed by atoms with van der Waals surface area (Å²) >= 11 is 0. The second kappa shape index (κ2) is 8.54. The number of aromatic nitrogens is 2. The highest BCUT2D eigenvalue weighted by molar-refractivity contribution is 5.92. The molecule has 0 unspecified atom stereocenters. The van der Waals surface area contributed by atoms with Gasteiger partial charge in [0.05, 0.1) is 14.2 Å². The summed E-state index contributed by atoms with van der Waals surface area (Å²) in [6, 6.07) is 7.99. The normalized spacial score (nSPS) is 15.0. The Kier molecular flexibility index (Phi) is 6.11. The largest absolute Gasteiger partial charge is 0.497 e. The monoisotopic (exact) mass is 386 g/mol. The maximum Gasteiger partial charge on any atom is 0.274 e. The second-order valence-corrected chi connectivity index (χ2v) is 7.54. The van der Waals surface area contributed by atoms with Crippen LogP contribution in [0, 0.1) is 0 Å². The summed E-state index contributed by atoms with van der Waals surface area (Å²) in [5.41, 5.74) is 2.58. The summed E-state index contributed by atoms with van der Waals surface area (Å²) in [5.74, 6) is 1.87. The van der Waals surface area contributed by atoms with Gasteiger partial charge in [-0.2, -0.15) is 5.10 Å². The van der Waals surface area contributed by atoms with E-state index in [4.69, 9.17) is 9.47 Å². The minimum atomic E-state index is 0.0176. The summed E-state index contributed by atoms with van der Waals surface area (Å²) in [7, 11) is 5.18. The van der Waals surface area contributed by atoms with Gasteiger partial charge in [-0.15, -0.1) is 0 Å². The Hall–Kier alpha value is -2.70. The van der Waals surface area contributed by atoms with Gasteiger partial charge >= 0.3 is 0 Å². The van der Waals surface area contributed by atoms with Crippen molar-refractivity contribution in [1.82, 2.24) is 14.7 Å². The lowest BCUT2D eigenvalue weighted by atomic mass is 10.0. The van der Waals surface area contributed by atoms with Crippen LogP contribution < -0.4 is 14.8 Å². The number of rotatable bonds is 6. The van der Waals surface area contributed by atoms with Crippen molar-refractivity contribution in [1.29, 1.82) is 0 Å². The average Bonchev–Trinajstić information content (AvgIpc) is 3.09. The van der Waals surface area contributed by atoms with Crippen molar-refractivity contribution in [3.63, 3.8) is 0 Å². The number of hydrogen-bond donors (Lipinski definition) is 1. The number of carbonyl (C=O) groups excluding carboxylic acids is 1. The molecule has 3 rings (SSSR count). The minimum absolute atomic E-state index is 0.0176. The predicted molar refractivity (Wildman–Crippen MR) is 109 cm³/mol. The Morgan fingerprint density at radius 2 is 1.71 bits per heavy atom. The molecule has 1 aliphatic heterocycles. The van der Waals surface area contributed by atoms with Crippen LogP contribution in [0.1, 0.15) is 48.8 Å². The fourth-order valence-electron chi connectivity index (χ4n) is 3.64. The standard InChI is InChI=1S/C21H30N4O3/c1-14(2)20-13-19(23-24(20)3)21(26)25-8-6-15(7-9-25)22-16-10-17(27-4)12-18(11-16)28-5/h10-15,22H,6-9H2,1-5H3. The molecule has 0 bridgehead atoms. The van der Waals surface area contributed by atoms with E-state index in [0.29, 0.717) is 30.7 Å². The third-order valence-corrected chi connectivity index (χ3v) is 5.23. The molecule has 1 fully saturated rings. The molecule has 0 aliphatic carbocycles. The fraction of sp³-hybridized carbons (Fsp3) is 0.524.